The Balaban J connectivity index is 2.03. The number of fused-ring (bicyclic) bond motifs is 1. The standard InChI is InChI=1S/C12H12ClN5O2/c1-2-12(5-19)4-3-7(20-12)18-6-15-8-9(14)16-11(13)17-10(8)18/h1,6-7,19H,3-5H2,(H2,14,16,17). The molecule has 2 aromatic rings. The lowest BCUT2D eigenvalue weighted by Gasteiger charge is -2.21. The summed E-state index contributed by atoms with van der Waals surface area (Å²) in [6.45, 7) is -0.232. The van der Waals surface area contributed by atoms with Crippen molar-refractivity contribution in [3.8, 4) is 12.3 Å². The van der Waals surface area contributed by atoms with Gasteiger partial charge in [-0.25, -0.2) is 4.98 Å². The van der Waals surface area contributed by atoms with E-state index in [0.717, 1.165) is 0 Å². The fraction of sp³-hybridized carbons (Fsp3) is 0.417. The van der Waals surface area contributed by atoms with Crippen molar-refractivity contribution in [3.05, 3.63) is 11.6 Å². The molecule has 1 fully saturated rings. The maximum atomic E-state index is 9.37. The average molecular weight is 294 g/mol. The van der Waals surface area contributed by atoms with Crippen molar-refractivity contribution in [2.45, 2.75) is 24.7 Å². The first-order valence-corrected chi connectivity index (χ1v) is 6.38. The number of aliphatic hydroxyl groups is 1. The first-order valence-electron chi connectivity index (χ1n) is 6.00. The molecule has 1 saturated heterocycles. The summed E-state index contributed by atoms with van der Waals surface area (Å²) in [6, 6.07) is 0. The Morgan fingerprint density at radius 3 is 3.10 bits per heavy atom. The number of hydrogen-bond donors (Lipinski definition) is 2. The number of imidazole rings is 1. The largest absolute Gasteiger partial charge is 0.392 e. The average Bonchev–Trinajstić information content (AvgIpc) is 3.02. The fourth-order valence-corrected chi connectivity index (χ4v) is 2.49. The first kappa shape index (κ1) is 13.1. The van der Waals surface area contributed by atoms with Crippen molar-refractivity contribution in [1.29, 1.82) is 0 Å². The molecule has 3 N–H and O–H groups in total. The van der Waals surface area contributed by atoms with E-state index in [1.54, 1.807) is 10.9 Å². The van der Waals surface area contributed by atoms with Gasteiger partial charge < -0.3 is 15.6 Å². The second-order valence-corrected chi connectivity index (χ2v) is 4.95. The third kappa shape index (κ3) is 1.89. The Morgan fingerprint density at radius 1 is 1.65 bits per heavy atom. The molecule has 104 valence electrons. The van der Waals surface area contributed by atoms with Gasteiger partial charge in [-0.2, -0.15) is 9.97 Å². The van der Waals surface area contributed by atoms with Crippen LogP contribution in [0, 0.1) is 12.3 Å². The van der Waals surface area contributed by atoms with Gasteiger partial charge in [0, 0.05) is 0 Å². The number of aromatic nitrogens is 4. The maximum Gasteiger partial charge on any atom is 0.226 e. The number of nitrogen functional groups attached to an aromatic ring is 1. The Labute approximate surface area is 119 Å². The zero-order valence-electron chi connectivity index (χ0n) is 10.5. The Bertz CT molecular complexity index is 710. The van der Waals surface area contributed by atoms with Crippen LogP contribution in [0.1, 0.15) is 19.1 Å². The van der Waals surface area contributed by atoms with Crippen molar-refractivity contribution in [2.24, 2.45) is 0 Å². The van der Waals surface area contributed by atoms with Crippen LogP contribution in [0.3, 0.4) is 0 Å². The van der Waals surface area contributed by atoms with E-state index >= 15 is 0 Å². The number of aliphatic hydroxyl groups excluding tert-OH is 1. The molecule has 0 amide bonds. The monoisotopic (exact) mass is 293 g/mol. The van der Waals surface area contributed by atoms with Crippen molar-refractivity contribution >= 4 is 28.6 Å². The molecule has 1 aliphatic heterocycles. The van der Waals surface area contributed by atoms with E-state index in [1.165, 1.54) is 0 Å². The second kappa shape index (κ2) is 4.59. The predicted molar refractivity (Wildman–Crippen MR) is 72.8 cm³/mol. The summed E-state index contributed by atoms with van der Waals surface area (Å²) < 4.78 is 7.47. The van der Waals surface area contributed by atoms with Crippen LogP contribution in [0.25, 0.3) is 11.2 Å². The minimum Gasteiger partial charge on any atom is -0.392 e. The first-order chi connectivity index (χ1) is 9.58. The van der Waals surface area contributed by atoms with Crippen LogP contribution >= 0.6 is 11.6 Å². The van der Waals surface area contributed by atoms with Crippen LogP contribution in [0.4, 0.5) is 5.82 Å². The van der Waals surface area contributed by atoms with Crippen molar-refractivity contribution in [3.63, 3.8) is 0 Å². The number of nitrogens with two attached hydrogens (primary N) is 1. The van der Waals surface area contributed by atoms with Gasteiger partial charge in [-0.3, -0.25) is 4.57 Å². The van der Waals surface area contributed by atoms with Gasteiger partial charge in [0.1, 0.15) is 11.7 Å². The molecule has 2 atom stereocenters. The van der Waals surface area contributed by atoms with Gasteiger partial charge in [0.15, 0.2) is 17.1 Å². The van der Waals surface area contributed by atoms with Gasteiger partial charge in [-0.05, 0) is 24.4 Å². The number of anilines is 1. The zero-order chi connectivity index (χ0) is 14.3. The molecule has 0 aliphatic carbocycles. The normalized spacial score (nSPS) is 25.9. The zero-order valence-corrected chi connectivity index (χ0v) is 11.2. The lowest BCUT2D eigenvalue weighted by Crippen LogP contribution is -2.31. The predicted octanol–water partition coefficient (Wildman–Crippen LogP) is 0.735. The number of rotatable bonds is 2. The van der Waals surface area contributed by atoms with Gasteiger partial charge in [-0.1, -0.05) is 5.92 Å². The molecule has 0 saturated carbocycles. The highest BCUT2D eigenvalue weighted by molar-refractivity contribution is 6.28. The molecule has 2 unspecified atom stereocenters. The summed E-state index contributed by atoms with van der Waals surface area (Å²) in [5.41, 5.74) is 5.74. The van der Waals surface area contributed by atoms with Crippen LogP contribution in [0.5, 0.6) is 0 Å². The van der Waals surface area contributed by atoms with E-state index < -0.39 is 5.60 Å². The molecule has 3 heterocycles. The van der Waals surface area contributed by atoms with E-state index in [4.69, 9.17) is 28.5 Å². The summed E-state index contributed by atoms with van der Waals surface area (Å²) in [4.78, 5) is 12.1. The Morgan fingerprint density at radius 2 is 2.45 bits per heavy atom. The fourth-order valence-electron chi connectivity index (χ4n) is 2.32. The van der Waals surface area contributed by atoms with E-state index in [1.807, 2.05) is 0 Å². The molecule has 0 spiro atoms. The lowest BCUT2D eigenvalue weighted by molar-refractivity contribution is -0.0617. The van der Waals surface area contributed by atoms with Crippen molar-refractivity contribution in [1.82, 2.24) is 19.5 Å². The highest BCUT2D eigenvalue weighted by Crippen LogP contribution is 2.37. The third-order valence-electron chi connectivity index (χ3n) is 3.41. The van der Waals surface area contributed by atoms with E-state index in [0.29, 0.717) is 24.0 Å². The number of nitrogens with zero attached hydrogens (tertiary/aromatic N) is 4. The van der Waals surface area contributed by atoms with Crippen LogP contribution in [0.15, 0.2) is 6.33 Å². The molecule has 0 bridgehead atoms. The molecular formula is C12H12ClN5O2. The van der Waals surface area contributed by atoms with E-state index in [2.05, 4.69) is 20.9 Å². The van der Waals surface area contributed by atoms with Crippen LogP contribution in [0.2, 0.25) is 5.28 Å². The highest BCUT2D eigenvalue weighted by atomic mass is 35.5. The van der Waals surface area contributed by atoms with Crippen LogP contribution < -0.4 is 5.73 Å². The van der Waals surface area contributed by atoms with E-state index in [-0.39, 0.29) is 23.9 Å². The molecule has 0 radical (unpaired) electrons. The Kier molecular flexibility index (Phi) is 3.01. The van der Waals surface area contributed by atoms with Crippen LogP contribution in [-0.2, 0) is 4.74 Å². The maximum absolute atomic E-state index is 9.37. The number of ether oxygens (including phenoxy) is 1. The minimum atomic E-state index is -0.955. The van der Waals surface area contributed by atoms with Gasteiger partial charge in [-0.15, -0.1) is 6.42 Å². The molecule has 8 heteroatoms. The van der Waals surface area contributed by atoms with Gasteiger partial charge in [0.2, 0.25) is 5.28 Å². The molecule has 2 aromatic heterocycles. The quantitative estimate of drug-likeness (QED) is 0.626. The third-order valence-corrected chi connectivity index (χ3v) is 3.58. The SMILES string of the molecule is C#CC1(CO)CCC(n2cnc3c(N)nc(Cl)nc32)O1. The molecule has 0 aromatic carbocycles. The van der Waals surface area contributed by atoms with Gasteiger partial charge in [0.25, 0.3) is 0 Å². The van der Waals surface area contributed by atoms with Gasteiger partial charge in [0.05, 0.1) is 12.9 Å². The van der Waals surface area contributed by atoms with Crippen molar-refractivity contribution < 1.29 is 9.84 Å². The Hall–Kier alpha value is -1.88. The van der Waals surface area contributed by atoms with Crippen LogP contribution in [-0.4, -0.2) is 36.8 Å². The summed E-state index contributed by atoms with van der Waals surface area (Å²) in [6.07, 6.45) is 7.81. The molecule has 7 nitrogen and oxygen atoms in total. The molecular weight excluding hydrogens is 282 g/mol. The highest BCUT2D eigenvalue weighted by Gasteiger charge is 2.39. The smallest absolute Gasteiger partial charge is 0.226 e. The lowest BCUT2D eigenvalue weighted by atomic mass is 10.0. The molecule has 20 heavy (non-hydrogen) atoms. The molecule has 1 aliphatic rings. The number of terminal acetylenes is 1. The summed E-state index contributed by atoms with van der Waals surface area (Å²) in [7, 11) is 0. The second-order valence-electron chi connectivity index (χ2n) is 4.61. The van der Waals surface area contributed by atoms with E-state index in [9.17, 15) is 5.11 Å². The molecule has 3 rings (SSSR count). The number of hydrogen-bond acceptors (Lipinski definition) is 6. The summed E-state index contributed by atoms with van der Waals surface area (Å²) >= 11 is 5.81. The topological polar surface area (TPSA) is 99.1 Å². The minimum absolute atomic E-state index is 0.0418. The van der Waals surface area contributed by atoms with Gasteiger partial charge >= 0.3 is 0 Å². The number of halogens is 1. The van der Waals surface area contributed by atoms with Crippen molar-refractivity contribution in [2.75, 3.05) is 12.3 Å². The summed E-state index contributed by atoms with van der Waals surface area (Å²) in [5, 5.41) is 9.42. The summed E-state index contributed by atoms with van der Waals surface area (Å²) in [5.74, 6) is 2.71.